The van der Waals surface area contributed by atoms with Crippen molar-refractivity contribution in [1.29, 1.82) is 0 Å². The number of aliphatic imine (C=N–C) groups is 1. The molecule has 5 aromatic rings. The van der Waals surface area contributed by atoms with Crippen molar-refractivity contribution in [1.82, 2.24) is 25.8 Å². The van der Waals surface area contributed by atoms with Gasteiger partial charge in [-0.1, -0.05) is 91.0 Å². The molecule has 0 spiro atoms. The molecular formula is C78H97BBrF15MgN8NaO10. The molecule has 18 nitrogen and oxygen atoms in total. The van der Waals surface area contributed by atoms with Gasteiger partial charge in [0, 0.05) is 116 Å². The molecule has 1 aromatic heterocycles. The molecule has 3 saturated heterocycles. The van der Waals surface area contributed by atoms with Gasteiger partial charge < -0.3 is 54.9 Å². The number of halogens is 16. The van der Waals surface area contributed by atoms with Gasteiger partial charge in [-0.05, 0) is 140 Å². The Labute approximate surface area is 712 Å². The number of ketones is 2. The van der Waals surface area contributed by atoms with E-state index in [-0.39, 0.29) is 172 Å². The molecule has 0 bridgehead atoms. The average Bonchev–Trinajstić information content (AvgIpc) is 0.837. The zero-order valence-corrected chi connectivity index (χ0v) is 70.2. The molecule has 6 unspecified atom stereocenters. The molecule has 3 radical (unpaired) electrons. The van der Waals surface area contributed by atoms with E-state index in [9.17, 15) is 104 Å². The molecule has 5 heterocycles. The Hall–Kier alpha value is -7.12. The van der Waals surface area contributed by atoms with E-state index in [1.165, 1.54) is 18.5 Å². The van der Waals surface area contributed by atoms with Crippen LogP contribution in [0.1, 0.15) is 184 Å². The average molecular weight is 1730 g/mol. The maximum absolute atomic E-state index is 12.7. The summed E-state index contributed by atoms with van der Waals surface area (Å²) in [5.74, 6) is -5.56. The van der Waals surface area contributed by atoms with Crippen LogP contribution in [0.2, 0.25) is 0 Å². The molecular weight excluding hydrogens is 1630 g/mol. The standard InChI is InChI=1S/C18H24F3NO3.C13H16F3N.C13H14F3N.C12H18F3NO3.C9H9N3O3.C7H10F3NO.C6H5.B.BrH.Mg.Na.H/c1-17(2,3)25-16(24)22-12-13(11-18(19,20)21)9-10-15(23)14-7-5-4-6-8-14;2*14-13(15,16)8-10-6-7-12(17-9-10)11-4-2-1-3-5-11;1-11(2,3)19-10(18)16-7-8(4-5-9(16)17)6-12(13,14)15;1-5(13)9(15)12-7-2-6(8(10)14)3-11-4-7;8-7(9,10)3-5-1-2-6(12)11-4-5;1-2-4-6-5-3-1;;;;;/h4-8,13H,9-12H2,1-3H3,(H,22,24);1-5,10,12,17H,6-9H2;1-5,10H,6-9H2;8H,4-7H2,1-3H3;2-4H,1H3,(H2,10,14)(H,12,15);5H,1-4H2,(H,11,12);1-5H;;1H;;;/q;;;;;;-1;;;+2;+1;-1/p-1. The fourth-order valence-corrected chi connectivity index (χ4v) is 11.1. The zero-order valence-electron chi connectivity index (χ0n) is 66.2. The molecule has 115 heavy (non-hydrogen) atoms. The van der Waals surface area contributed by atoms with Gasteiger partial charge in [0.05, 0.1) is 17.4 Å². The first-order chi connectivity index (χ1) is 51.5. The van der Waals surface area contributed by atoms with Crippen LogP contribution in [0.5, 0.6) is 0 Å². The van der Waals surface area contributed by atoms with Gasteiger partial charge in [0.25, 0.3) is 5.91 Å². The van der Waals surface area contributed by atoms with E-state index in [1.807, 2.05) is 91.0 Å². The van der Waals surface area contributed by atoms with E-state index in [2.05, 4.69) is 37.3 Å². The number of ether oxygens (including phenoxy) is 2. The number of hydrogen-bond donors (Lipinski definition) is 5. The fourth-order valence-electron chi connectivity index (χ4n) is 11.1. The molecule has 37 heteroatoms. The molecule has 0 saturated carbocycles. The van der Waals surface area contributed by atoms with Crippen molar-refractivity contribution in [2.45, 2.75) is 193 Å². The van der Waals surface area contributed by atoms with Gasteiger partial charge in [-0.2, -0.15) is 102 Å². The number of hydrogen-bond acceptors (Lipinski definition) is 13. The Kier molecular flexibility index (Phi) is 51.0. The van der Waals surface area contributed by atoms with Gasteiger partial charge in [0.1, 0.15) is 11.2 Å². The summed E-state index contributed by atoms with van der Waals surface area (Å²) in [6.45, 7) is 11.5. The number of carbonyl (C=O) groups excluding carboxylic acids is 8. The quantitative estimate of drug-likeness (QED) is 0.0203. The topological polar surface area (TPSA) is 258 Å². The number of piperidine rings is 3. The number of pyridine rings is 1. The summed E-state index contributed by atoms with van der Waals surface area (Å²) in [4.78, 5) is 98.7. The van der Waals surface area contributed by atoms with Crippen LogP contribution in [0.3, 0.4) is 0 Å². The number of alkyl carbamates (subject to hydrolysis) is 1. The number of imide groups is 1. The van der Waals surface area contributed by atoms with Crippen molar-refractivity contribution >= 4 is 90.2 Å². The van der Waals surface area contributed by atoms with E-state index in [4.69, 9.17) is 15.2 Å². The summed E-state index contributed by atoms with van der Waals surface area (Å²) in [6, 6.07) is 42.0. The molecule has 4 aliphatic rings. The number of primary amides is 1. The first kappa shape index (κ1) is 110. The van der Waals surface area contributed by atoms with Crippen molar-refractivity contribution in [2.24, 2.45) is 40.3 Å². The summed E-state index contributed by atoms with van der Waals surface area (Å²) in [5.41, 5.74) is 7.51. The first-order valence-corrected chi connectivity index (χ1v) is 35.5. The molecule has 3 fully saturated rings. The number of alkyl halides is 15. The van der Waals surface area contributed by atoms with Crippen molar-refractivity contribution in [2.75, 3.05) is 38.0 Å². The predicted molar refractivity (Wildman–Crippen MR) is 398 cm³/mol. The fraction of sp³-hybridized carbons (Fsp3) is 0.513. The number of rotatable bonds is 16. The Bertz CT molecular complexity index is 3680. The molecule has 6 amide bonds. The van der Waals surface area contributed by atoms with Crippen LogP contribution in [0.15, 0.2) is 145 Å². The number of aromatic nitrogens is 1. The van der Waals surface area contributed by atoms with Crippen LogP contribution in [-0.2, 0) is 28.7 Å². The minimum absolute atomic E-state index is 0. The summed E-state index contributed by atoms with van der Waals surface area (Å²) in [7, 11) is 0. The van der Waals surface area contributed by atoms with E-state index >= 15 is 0 Å². The van der Waals surface area contributed by atoms with Crippen molar-refractivity contribution < 1.29 is 162 Å². The third-order valence-electron chi connectivity index (χ3n) is 16.3. The molecule has 627 valence electrons. The normalized spacial score (nSPS) is 17.6. The van der Waals surface area contributed by atoms with Gasteiger partial charge in [0.2, 0.25) is 23.5 Å². The summed E-state index contributed by atoms with van der Waals surface area (Å²) in [6.07, 6.45) is -20.8. The van der Waals surface area contributed by atoms with Crippen LogP contribution >= 0.6 is 0 Å². The monoisotopic (exact) mass is 1730 g/mol. The summed E-state index contributed by atoms with van der Waals surface area (Å²) in [5, 5.41) is 10.3. The second-order valence-electron chi connectivity index (χ2n) is 28.6. The number of carbonyl (C=O) groups is 8. The number of amides is 6. The summed E-state index contributed by atoms with van der Waals surface area (Å²) < 4.78 is 194. The minimum atomic E-state index is -4.37. The van der Waals surface area contributed by atoms with E-state index < -0.39 is 128 Å². The minimum Gasteiger partial charge on any atom is -1.00 e. The van der Waals surface area contributed by atoms with E-state index in [1.54, 1.807) is 71.9 Å². The van der Waals surface area contributed by atoms with Crippen LogP contribution in [0, 0.1) is 35.7 Å². The number of nitrogens with zero attached hydrogens (tertiary/aromatic N) is 3. The largest absolute Gasteiger partial charge is 2.00 e. The number of benzene rings is 4. The zero-order chi connectivity index (χ0) is 83.4. The molecule has 9 rings (SSSR count). The van der Waals surface area contributed by atoms with Crippen LogP contribution in [0.25, 0.3) is 0 Å². The van der Waals surface area contributed by atoms with E-state index in [0.29, 0.717) is 44.3 Å². The Morgan fingerprint density at radius 1 is 0.617 bits per heavy atom. The number of Topliss-reactive ketones (excluding diaryl/α,β-unsaturated/α-hetero) is 2. The van der Waals surface area contributed by atoms with Gasteiger partial charge in [-0.15, -0.1) is 0 Å². The van der Waals surface area contributed by atoms with E-state index in [0.717, 1.165) is 35.1 Å². The molecule has 6 N–H and O–H groups in total. The third-order valence-corrected chi connectivity index (χ3v) is 16.3. The maximum atomic E-state index is 12.7. The SMILES string of the molecule is CC(=O)C(=O)Nc1cncc(C(N)=O)c1.CC(C)(C)OC(=O)N1CC(CC(F)(F)F)CCC1=O.CC(C)(C)OC(=O)NCC(CCC(=O)c1ccccc1)CC(F)(F)F.FC(F)(F)CC1CCC(c2ccccc2)=NC1.FC(F)(F)CC1CCC(c2ccccc2)NC1.O=C1CCC(CC(F)(F)F)CN1.[B].[Br-].[H-].[Mg+2].[Na+].[c-]1ccccc1. The van der Waals surface area contributed by atoms with Gasteiger partial charge in [-0.25, -0.2) is 14.5 Å². The first-order valence-electron chi connectivity index (χ1n) is 35.5. The number of nitrogens with one attached hydrogen (secondary N) is 4. The van der Waals surface area contributed by atoms with Crippen LogP contribution in [-0.4, -0.2) is 169 Å². The second kappa shape index (κ2) is 53.3. The number of likely N-dealkylation sites (tertiary alicyclic amines) is 1. The summed E-state index contributed by atoms with van der Waals surface area (Å²) >= 11 is 0. The van der Waals surface area contributed by atoms with Crippen molar-refractivity contribution in [3.05, 3.63) is 168 Å². The molecule has 4 aromatic carbocycles. The Morgan fingerprint density at radius 2 is 1.11 bits per heavy atom. The van der Waals surface area contributed by atoms with Gasteiger partial charge in [-0.3, -0.25) is 38.7 Å². The second-order valence-corrected chi connectivity index (χ2v) is 28.6. The molecule has 4 aliphatic heterocycles. The molecule has 6 atom stereocenters. The number of anilines is 1. The van der Waals surface area contributed by atoms with Crippen molar-refractivity contribution in [3.63, 3.8) is 0 Å². The smallest absolute Gasteiger partial charge is 1.00 e. The Morgan fingerprint density at radius 3 is 1.56 bits per heavy atom. The van der Waals surface area contributed by atoms with Crippen LogP contribution in [0.4, 0.5) is 81.1 Å². The van der Waals surface area contributed by atoms with Gasteiger partial charge in [0.15, 0.2) is 5.78 Å². The molecule has 0 aliphatic carbocycles. The van der Waals surface area contributed by atoms with Crippen LogP contribution < -0.4 is 73.5 Å². The number of nitrogens with two attached hydrogens (primary N) is 1. The van der Waals surface area contributed by atoms with Gasteiger partial charge >= 0.3 is 95.7 Å². The third kappa shape index (κ3) is 53.0. The Balaban J connectivity index is -0.00000130. The van der Waals surface area contributed by atoms with Crippen molar-refractivity contribution in [3.8, 4) is 0 Å². The predicted octanol–water partition coefficient (Wildman–Crippen LogP) is 11.4. The maximum Gasteiger partial charge on any atom is 2.00 e.